The van der Waals surface area contributed by atoms with Crippen LogP contribution in [0.25, 0.3) is 0 Å². The first-order valence-corrected chi connectivity index (χ1v) is 7.02. The predicted octanol–water partition coefficient (Wildman–Crippen LogP) is 3.34. The Balaban J connectivity index is 2.01. The second-order valence-electron chi connectivity index (χ2n) is 5.13. The quantitative estimate of drug-likeness (QED) is 0.892. The summed E-state index contributed by atoms with van der Waals surface area (Å²) in [6.07, 6.45) is 2.12. The molecule has 2 N–H and O–H groups in total. The lowest BCUT2D eigenvalue weighted by Gasteiger charge is -2.36. The first kappa shape index (κ1) is 14.1. The predicted molar refractivity (Wildman–Crippen MR) is 76.0 cm³/mol. The molecule has 102 valence electrons. The molecule has 1 aliphatic rings. The van der Waals surface area contributed by atoms with Crippen molar-refractivity contribution >= 4 is 33.5 Å². The number of benzene rings is 1. The molecule has 0 spiro atoms. The van der Waals surface area contributed by atoms with E-state index in [1.54, 1.807) is 6.07 Å². The number of rotatable bonds is 4. The zero-order valence-corrected chi connectivity index (χ0v) is 12.3. The van der Waals surface area contributed by atoms with Crippen LogP contribution in [-0.4, -0.2) is 17.0 Å². The van der Waals surface area contributed by atoms with Gasteiger partial charge >= 0.3 is 5.97 Å². The number of amides is 1. The van der Waals surface area contributed by atoms with Crippen LogP contribution in [0.4, 0.5) is 5.69 Å². The number of carboxylic acid groups (broad SMARTS) is 1. The van der Waals surface area contributed by atoms with E-state index in [4.69, 9.17) is 0 Å². The van der Waals surface area contributed by atoms with Crippen LogP contribution < -0.4 is 5.32 Å². The third-order valence-corrected chi connectivity index (χ3v) is 4.59. The zero-order chi connectivity index (χ0) is 14.0. The maximum absolute atomic E-state index is 11.9. The molecule has 1 aromatic rings. The van der Waals surface area contributed by atoms with Gasteiger partial charge in [0.25, 0.3) is 0 Å². The van der Waals surface area contributed by atoms with Crippen molar-refractivity contribution in [3.05, 3.63) is 28.2 Å². The number of carbonyl (C=O) groups is 2. The van der Waals surface area contributed by atoms with Gasteiger partial charge in [-0.25, -0.2) is 0 Å². The van der Waals surface area contributed by atoms with Gasteiger partial charge in [0.1, 0.15) is 0 Å². The van der Waals surface area contributed by atoms with Gasteiger partial charge in [-0.15, -0.1) is 0 Å². The van der Waals surface area contributed by atoms with Crippen LogP contribution in [0.15, 0.2) is 22.7 Å². The summed E-state index contributed by atoms with van der Waals surface area (Å²) in [5, 5.41) is 12.0. The second kappa shape index (κ2) is 5.33. The van der Waals surface area contributed by atoms with Crippen LogP contribution in [0.1, 0.15) is 31.2 Å². The molecule has 5 heteroatoms. The fourth-order valence-electron chi connectivity index (χ4n) is 2.30. The Hall–Kier alpha value is -1.36. The van der Waals surface area contributed by atoms with Gasteiger partial charge in [-0.2, -0.15) is 0 Å². The number of halogens is 1. The highest BCUT2D eigenvalue weighted by Gasteiger charge is 2.45. The SMILES string of the molecule is Cc1cc(NC(=O)CC2(C(=O)O)CCC2)ccc1Br. The van der Waals surface area contributed by atoms with Crippen LogP contribution in [-0.2, 0) is 9.59 Å². The number of aliphatic carboxylic acids is 1. The molecule has 1 aliphatic carbocycles. The maximum Gasteiger partial charge on any atom is 0.310 e. The van der Waals surface area contributed by atoms with Crippen LogP contribution in [0.2, 0.25) is 0 Å². The molecule has 1 saturated carbocycles. The van der Waals surface area contributed by atoms with Crippen LogP contribution in [0.5, 0.6) is 0 Å². The molecule has 1 aromatic carbocycles. The Kier molecular flexibility index (Phi) is 3.94. The third-order valence-electron chi connectivity index (χ3n) is 3.70. The minimum atomic E-state index is -0.860. The Morgan fingerprint density at radius 3 is 2.58 bits per heavy atom. The molecular weight excluding hydrogens is 310 g/mol. The van der Waals surface area contributed by atoms with Crippen molar-refractivity contribution < 1.29 is 14.7 Å². The van der Waals surface area contributed by atoms with Crippen LogP contribution >= 0.6 is 15.9 Å². The van der Waals surface area contributed by atoms with Gasteiger partial charge in [0.05, 0.1) is 5.41 Å². The van der Waals surface area contributed by atoms with Crippen molar-refractivity contribution in [2.75, 3.05) is 5.32 Å². The highest BCUT2D eigenvalue weighted by Crippen LogP contribution is 2.44. The van der Waals surface area contributed by atoms with E-state index in [-0.39, 0.29) is 12.3 Å². The van der Waals surface area contributed by atoms with Gasteiger partial charge in [-0.1, -0.05) is 22.4 Å². The Morgan fingerprint density at radius 2 is 2.11 bits per heavy atom. The lowest BCUT2D eigenvalue weighted by Crippen LogP contribution is -2.41. The van der Waals surface area contributed by atoms with Gasteiger partial charge in [0.2, 0.25) is 5.91 Å². The number of hydrogen-bond donors (Lipinski definition) is 2. The van der Waals surface area contributed by atoms with Crippen molar-refractivity contribution in [1.82, 2.24) is 0 Å². The van der Waals surface area contributed by atoms with Crippen molar-refractivity contribution in [2.45, 2.75) is 32.6 Å². The molecular formula is C14H16BrNO3. The fourth-order valence-corrected chi connectivity index (χ4v) is 2.55. The normalized spacial score (nSPS) is 16.5. The van der Waals surface area contributed by atoms with Crippen molar-refractivity contribution in [1.29, 1.82) is 0 Å². The first-order chi connectivity index (χ1) is 8.93. The molecule has 19 heavy (non-hydrogen) atoms. The van der Waals surface area contributed by atoms with E-state index in [0.717, 1.165) is 16.5 Å². The topological polar surface area (TPSA) is 66.4 Å². The second-order valence-corrected chi connectivity index (χ2v) is 5.98. The van der Waals surface area contributed by atoms with E-state index in [2.05, 4.69) is 21.2 Å². The summed E-state index contributed by atoms with van der Waals surface area (Å²) in [5.74, 6) is -1.09. The molecule has 0 aliphatic heterocycles. The lowest BCUT2D eigenvalue weighted by molar-refractivity contribution is -0.157. The summed E-state index contributed by atoms with van der Waals surface area (Å²) in [6.45, 7) is 1.93. The van der Waals surface area contributed by atoms with Crippen molar-refractivity contribution in [2.24, 2.45) is 5.41 Å². The summed E-state index contributed by atoms with van der Waals surface area (Å²) in [5.41, 5.74) is 0.883. The van der Waals surface area contributed by atoms with Gasteiger partial charge in [0, 0.05) is 16.6 Å². The standard InChI is InChI=1S/C14H16BrNO3/c1-9-7-10(3-4-11(9)15)16-12(17)8-14(13(18)19)5-2-6-14/h3-4,7H,2,5-6,8H2,1H3,(H,16,17)(H,18,19). The van der Waals surface area contributed by atoms with Crippen LogP contribution in [0.3, 0.4) is 0 Å². The fraction of sp³-hybridized carbons (Fsp3) is 0.429. The monoisotopic (exact) mass is 325 g/mol. The average molecular weight is 326 g/mol. The summed E-state index contributed by atoms with van der Waals surface area (Å²) >= 11 is 3.39. The number of aryl methyl sites for hydroxylation is 1. The summed E-state index contributed by atoms with van der Waals surface area (Å²) in [4.78, 5) is 23.1. The number of hydrogen-bond acceptors (Lipinski definition) is 2. The largest absolute Gasteiger partial charge is 0.481 e. The van der Waals surface area contributed by atoms with E-state index >= 15 is 0 Å². The third kappa shape index (κ3) is 2.97. The Bertz CT molecular complexity index is 523. The molecule has 0 atom stereocenters. The molecule has 0 unspecified atom stereocenters. The van der Waals surface area contributed by atoms with Gasteiger partial charge in [-0.3, -0.25) is 9.59 Å². The number of carbonyl (C=O) groups excluding carboxylic acids is 1. The van der Waals surface area contributed by atoms with Gasteiger partial charge < -0.3 is 10.4 Å². The van der Waals surface area contributed by atoms with Gasteiger partial charge in [0.15, 0.2) is 0 Å². The zero-order valence-electron chi connectivity index (χ0n) is 10.7. The van der Waals surface area contributed by atoms with Crippen molar-refractivity contribution in [3.63, 3.8) is 0 Å². The average Bonchev–Trinajstić information content (AvgIpc) is 2.28. The van der Waals surface area contributed by atoms with E-state index in [1.807, 2.05) is 19.1 Å². The molecule has 0 heterocycles. The maximum atomic E-state index is 11.9. The lowest BCUT2D eigenvalue weighted by atomic mass is 9.66. The first-order valence-electron chi connectivity index (χ1n) is 6.22. The van der Waals surface area contributed by atoms with Gasteiger partial charge in [-0.05, 0) is 43.5 Å². The molecule has 0 aromatic heterocycles. The molecule has 4 nitrogen and oxygen atoms in total. The smallest absolute Gasteiger partial charge is 0.310 e. The highest BCUT2D eigenvalue weighted by atomic mass is 79.9. The van der Waals surface area contributed by atoms with Crippen molar-refractivity contribution in [3.8, 4) is 0 Å². The molecule has 2 rings (SSSR count). The number of nitrogens with one attached hydrogen (secondary N) is 1. The molecule has 0 saturated heterocycles. The van der Waals surface area contributed by atoms with E-state index in [9.17, 15) is 14.7 Å². The van der Waals surface area contributed by atoms with Crippen LogP contribution in [0, 0.1) is 12.3 Å². The Labute approximate surface area is 120 Å². The highest BCUT2D eigenvalue weighted by molar-refractivity contribution is 9.10. The van der Waals surface area contributed by atoms with E-state index < -0.39 is 11.4 Å². The summed E-state index contributed by atoms with van der Waals surface area (Å²) in [7, 11) is 0. The Morgan fingerprint density at radius 1 is 1.42 bits per heavy atom. The number of carboxylic acids is 1. The number of anilines is 1. The van der Waals surface area contributed by atoms with E-state index in [1.165, 1.54) is 0 Å². The molecule has 1 amide bonds. The molecule has 0 radical (unpaired) electrons. The summed E-state index contributed by atoms with van der Waals surface area (Å²) in [6, 6.07) is 5.51. The van der Waals surface area contributed by atoms with E-state index in [0.29, 0.717) is 18.5 Å². The summed E-state index contributed by atoms with van der Waals surface area (Å²) < 4.78 is 0.978. The molecule has 1 fully saturated rings. The minimum absolute atomic E-state index is 0.0530. The minimum Gasteiger partial charge on any atom is -0.481 e. The molecule has 0 bridgehead atoms.